The number of hydrogen-bond acceptors (Lipinski definition) is 7. The summed E-state index contributed by atoms with van der Waals surface area (Å²) < 4.78 is 4.93. The number of nitro benzene ring substituents is 2. The Kier molecular flexibility index (Phi) is 4.92. The fourth-order valence-electron chi connectivity index (χ4n) is 2.19. The molecular weight excluding hydrogens is 332 g/mol. The van der Waals surface area contributed by atoms with Crippen LogP contribution in [0.5, 0.6) is 5.88 Å². The molecule has 2 aromatic rings. The molecule has 0 aliphatic carbocycles. The standard InChI is InChI=1S/C15H14N4O6/c1-9-12(6-11(18(21)22)7-13(9)19(23)24)15(20)17(2)10-4-5-14(25-3)16-8-10/h4-8H,1-3H3. The number of nitro groups is 2. The summed E-state index contributed by atoms with van der Waals surface area (Å²) in [4.78, 5) is 38.5. The van der Waals surface area contributed by atoms with E-state index in [1.807, 2.05) is 0 Å². The maximum Gasteiger partial charge on any atom is 0.279 e. The lowest BCUT2D eigenvalue weighted by Gasteiger charge is -2.18. The summed E-state index contributed by atoms with van der Waals surface area (Å²) in [5, 5.41) is 22.1. The highest BCUT2D eigenvalue weighted by Crippen LogP contribution is 2.29. The predicted octanol–water partition coefficient (Wildman–Crippen LogP) is 2.49. The van der Waals surface area contributed by atoms with Crippen molar-refractivity contribution >= 4 is 23.0 Å². The zero-order chi connectivity index (χ0) is 18.7. The van der Waals surface area contributed by atoms with E-state index in [1.54, 1.807) is 12.1 Å². The zero-order valence-corrected chi connectivity index (χ0v) is 13.6. The molecule has 0 atom stereocenters. The summed E-state index contributed by atoms with van der Waals surface area (Å²) in [6, 6.07) is 4.98. The Morgan fingerprint density at radius 2 is 1.88 bits per heavy atom. The minimum atomic E-state index is -0.780. The van der Waals surface area contributed by atoms with Gasteiger partial charge in [-0.3, -0.25) is 25.0 Å². The van der Waals surface area contributed by atoms with Gasteiger partial charge in [-0.15, -0.1) is 0 Å². The second-order valence-corrected chi connectivity index (χ2v) is 5.07. The fraction of sp³-hybridized carbons (Fsp3) is 0.200. The predicted molar refractivity (Wildman–Crippen MR) is 88.0 cm³/mol. The molecule has 0 aliphatic rings. The number of nitrogens with zero attached hydrogens (tertiary/aromatic N) is 4. The van der Waals surface area contributed by atoms with Gasteiger partial charge in [0.2, 0.25) is 5.88 Å². The topological polar surface area (TPSA) is 129 Å². The van der Waals surface area contributed by atoms with Crippen LogP contribution in [0, 0.1) is 27.2 Å². The van der Waals surface area contributed by atoms with Gasteiger partial charge in [0.1, 0.15) is 0 Å². The monoisotopic (exact) mass is 346 g/mol. The van der Waals surface area contributed by atoms with Crippen LogP contribution in [-0.4, -0.2) is 34.9 Å². The third kappa shape index (κ3) is 3.52. The van der Waals surface area contributed by atoms with Gasteiger partial charge in [0.15, 0.2) is 0 Å². The number of ether oxygens (including phenoxy) is 1. The van der Waals surface area contributed by atoms with Crippen LogP contribution in [-0.2, 0) is 0 Å². The first-order chi connectivity index (χ1) is 11.8. The number of benzene rings is 1. The Morgan fingerprint density at radius 3 is 2.36 bits per heavy atom. The van der Waals surface area contributed by atoms with Gasteiger partial charge in [-0.05, 0) is 13.0 Å². The van der Waals surface area contributed by atoms with Crippen molar-refractivity contribution < 1.29 is 19.4 Å². The molecule has 0 unspecified atom stereocenters. The number of anilines is 1. The first-order valence-electron chi connectivity index (χ1n) is 6.97. The molecule has 10 nitrogen and oxygen atoms in total. The van der Waals surface area contributed by atoms with Crippen LogP contribution in [0.4, 0.5) is 17.1 Å². The second-order valence-electron chi connectivity index (χ2n) is 5.07. The molecule has 25 heavy (non-hydrogen) atoms. The molecular formula is C15H14N4O6. The molecule has 0 fully saturated rings. The Labute approximate surface area is 142 Å². The Hall–Kier alpha value is -3.56. The second kappa shape index (κ2) is 6.91. The van der Waals surface area contributed by atoms with E-state index in [0.29, 0.717) is 11.6 Å². The first-order valence-corrected chi connectivity index (χ1v) is 6.97. The van der Waals surface area contributed by atoms with E-state index in [2.05, 4.69) is 4.98 Å². The highest BCUT2D eigenvalue weighted by Gasteiger charge is 2.26. The van der Waals surface area contributed by atoms with E-state index in [-0.39, 0.29) is 11.1 Å². The van der Waals surface area contributed by atoms with Crippen LogP contribution < -0.4 is 9.64 Å². The summed E-state index contributed by atoms with van der Waals surface area (Å²) in [5.74, 6) is -0.275. The van der Waals surface area contributed by atoms with Crippen LogP contribution in [0.15, 0.2) is 30.5 Å². The van der Waals surface area contributed by atoms with Crippen molar-refractivity contribution in [2.75, 3.05) is 19.1 Å². The van der Waals surface area contributed by atoms with Crippen molar-refractivity contribution in [1.29, 1.82) is 0 Å². The molecule has 1 aromatic carbocycles. The third-order valence-corrected chi connectivity index (χ3v) is 3.62. The van der Waals surface area contributed by atoms with E-state index < -0.39 is 27.1 Å². The number of non-ortho nitro benzene ring substituents is 1. The molecule has 1 amide bonds. The number of carbonyl (C=O) groups excluding carboxylic acids is 1. The van der Waals surface area contributed by atoms with Crippen molar-refractivity contribution in [3.05, 3.63) is 61.8 Å². The number of amides is 1. The molecule has 1 heterocycles. The highest BCUT2D eigenvalue weighted by molar-refractivity contribution is 6.07. The largest absolute Gasteiger partial charge is 0.481 e. The van der Waals surface area contributed by atoms with E-state index >= 15 is 0 Å². The maximum absolute atomic E-state index is 12.7. The Balaban J connectivity index is 2.49. The molecule has 0 saturated heterocycles. The minimum Gasteiger partial charge on any atom is -0.481 e. The van der Waals surface area contributed by atoms with Gasteiger partial charge < -0.3 is 9.64 Å². The summed E-state index contributed by atoms with van der Waals surface area (Å²) >= 11 is 0. The van der Waals surface area contributed by atoms with Crippen molar-refractivity contribution in [3.63, 3.8) is 0 Å². The minimum absolute atomic E-state index is 0.0499. The smallest absolute Gasteiger partial charge is 0.279 e. The van der Waals surface area contributed by atoms with E-state index in [0.717, 1.165) is 12.1 Å². The van der Waals surface area contributed by atoms with Gasteiger partial charge >= 0.3 is 0 Å². The molecule has 0 saturated carbocycles. The van der Waals surface area contributed by atoms with Gasteiger partial charge in [-0.25, -0.2) is 4.98 Å². The van der Waals surface area contributed by atoms with Gasteiger partial charge in [0.05, 0.1) is 40.5 Å². The van der Waals surface area contributed by atoms with Crippen molar-refractivity contribution in [1.82, 2.24) is 4.98 Å². The van der Waals surface area contributed by atoms with Crippen LogP contribution >= 0.6 is 0 Å². The molecule has 0 N–H and O–H groups in total. The van der Waals surface area contributed by atoms with Crippen LogP contribution in [0.1, 0.15) is 15.9 Å². The van der Waals surface area contributed by atoms with Crippen molar-refractivity contribution in [3.8, 4) is 5.88 Å². The lowest BCUT2D eigenvalue weighted by atomic mass is 10.0. The first kappa shape index (κ1) is 17.8. The lowest BCUT2D eigenvalue weighted by molar-refractivity contribution is -0.394. The molecule has 0 radical (unpaired) electrons. The van der Waals surface area contributed by atoms with Crippen molar-refractivity contribution in [2.24, 2.45) is 0 Å². The number of rotatable bonds is 5. The Morgan fingerprint density at radius 1 is 1.20 bits per heavy atom. The molecule has 10 heteroatoms. The van der Waals surface area contributed by atoms with Crippen LogP contribution in [0.3, 0.4) is 0 Å². The molecule has 0 aliphatic heterocycles. The number of methoxy groups -OCH3 is 1. The van der Waals surface area contributed by atoms with Crippen LogP contribution in [0.2, 0.25) is 0 Å². The summed E-state index contributed by atoms with van der Waals surface area (Å²) in [7, 11) is 2.89. The van der Waals surface area contributed by atoms with Gasteiger partial charge in [0.25, 0.3) is 17.3 Å². The fourth-order valence-corrected chi connectivity index (χ4v) is 2.19. The summed E-state index contributed by atoms with van der Waals surface area (Å²) in [6.07, 6.45) is 1.39. The van der Waals surface area contributed by atoms with E-state index in [4.69, 9.17) is 4.74 Å². The zero-order valence-electron chi connectivity index (χ0n) is 13.6. The average Bonchev–Trinajstić information content (AvgIpc) is 2.60. The van der Waals surface area contributed by atoms with Gasteiger partial charge in [-0.2, -0.15) is 0 Å². The Bertz CT molecular complexity index is 850. The third-order valence-electron chi connectivity index (χ3n) is 3.62. The molecule has 1 aromatic heterocycles. The lowest BCUT2D eigenvalue weighted by Crippen LogP contribution is -2.27. The summed E-state index contributed by atoms with van der Waals surface area (Å²) in [6.45, 7) is 1.37. The molecule has 0 spiro atoms. The van der Waals surface area contributed by atoms with E-state index in [1.165, 1.54) is 32.2 Å². The highest BCUT2D eigenvalue weighted by atomic mass is 16.6. The van der Waals surface area contributed by atoms with Gasteiger partial charge in [-0.1, -0.05) is 0 Å². The quantitative estimate of drug-likeness (QED) is 0.600. The average molecular weight is 346 g/mol. The summed E-state index contributed by atoms with van der Waals surface area (Å²) in [5.41, 5.74) is -0.687. The van der Waals surface area contributed by atoms with Crippen molar-refractivity contribution in [2.45, 2.75) is 6.92 Å². The van der Waals surface area contributed by atoms with E-state index in [9.17, 15) is 25.0 Å². The molecule has 2 rings (SSSR count). The molecule has 130 valence electrons. The van der Waals surface area contributed by atoms with Crippen LogP contribution in [0.25, 0.3) is 0 Å². The number of aromatic nitrogens is 1. The number of carbonyl (C=O) groups is 1. The normalized spacial score (nSPS) is 10.2. The number of hydrogen-bond donors (Lipinski definition) is 0. The van der Waals surface area contributed by atoms with Gasteiger partial charge in [0, 0.05) is 24.7 Å². The number of pyridine rings is 1. The maximum atomic E-state index is 12.7. The SMILES string of the molecule is COc1ccc(N(C)C(=O)c2cc([N+](=O)[O-])cc([N+](=O)[O-])c2C)cn1. The molecule has 0 bridgehead atoms.